The van der Waals surface area contributed by atoms with Crippen molar-refractivity contribution in [2.75, 3.05) is 0 Å². The first-order valence-corrected chi connectivity index (χ1v) is 13.3. The fraction of sp³-hybridized carbons (Fsp3) is 0.633. The maximum atomic E-state index is 13.4. The van der Waals surface area contributed by atoms with E-state index in [1.165, 1.54) is 17.5 Å². The van der Waals surface area contributed by atoms with E-state index in [9.17, 15) is 14.7 Å². The summed E-state index contributed by atoms with van der Waals surface area (Å²) < 4.78 is 5.96. The number of ketones is 1. The minimum Gasteiger partial charge on any atom is -0.481 e. The normalized spacial score (nSPS) is 20.9. The number of nitrogens with zero attached hydrogens (tertiary/aromatic N) is 1. The zero-order valence-corrected chi connectivity index (χ0v) is 22.0. The summed E-state index contributed by atoms with van der Waals surface area (Å²) in [5.41, 5.74) is 5.77. The van der Waals surface area contributed by atoms with Crippen molar-refractivity contribution in [1.82, 2.24) is 5.16 Å². The molecule has 2 aromatic rings. The number of aromatic nitrogens is 1. The van der Waals surface area contributed by atoms with E-state index >= 15 is 0 Å². The van der Waals surface area contributed by atoms with Crippen LogP contribution in [0.3, 0.4) is 0 Å². The number of carbonyl (C=O) groups is 2. The Morgan fingerprint density at radius 2 is 1.86 bits per heavy atom. The topological polar surface area (TPSA) is 80.4 Å². The van der Waals surface area contributed by atoms with Gasteiger partial charge in [0.05, 0.1) is 5.69 Å². The molecule has 5 heteroatoms. The van der Waals surface area contributed by atoms with Crippen LogP contribution in [0.5, 0.6) is 0 Å². The van der Waals surface area contributed by atoms with Gasteiger partial charge in [0.15, 0.2) is 0 Å². The van der Waals surface area contributed by atoms with E-state index in [0.29, 0.717) is 36.5 Å². The molecule has 190 valence electrons. The number of Topliss-reactive ketones (excluding diaryl/α,β-unsaturated/α-hetero) is 1. The predicted octanol–water partition coefficient (Wildman–Crippen LogP) is 6.93. The van der Waals surface area contributed by atoms with Gasteiger partial charge in [-0.3, -0.25) is 9.59 Å². The summed E-state index contributed by atoms with van der Waals surface area (Å²) in [6.07, 6.45) is 6.96. The molecule has 1 atom stereocenters. The summed E-state index contributed by atoms with van der Waals surface area (Å²) >= 11 is 0. The highest BCUT2D eigenvalue weighted by atomic mass is 16.5. The Morgan fingerprint density at radius 1 is 1.14 bits per heavy atom. The lowest BCUT2D eigenvalue weighted by atomic mass is 9.67. The van der Waals surface area contributed by atoms with Crippen molar-refractivity contribution in [3.05, 3.63) is 51.9 Å². The molecule has 0 amide bonds. The molecule has 2 fully saturated rings. The Hall–Kier alpha value is -2.43. The first-order chi connectivity index (χ1) is 16.5. The van der Waals surface area contributed by atoms with Gasteiger partial charge in [0, 0.05) is 36.7 Å². The number of carbonyl (C=O) groups excluding carboxylic acids is 1. The molecule has 1 N–H and O–H groups in total. The maximum Gasteiger partial charge on any atom is 0.303 e. The maximum absolute atomic E-state index is 13.4. The van der Waals surface area contributed by atoms with E-state index in [1.54, 1.807) is 0 Å². The number of rotatable bonds is 11. The van der Waals surface area contributed by atoms with Gasteiger partial charge in [-0.25, -0.2) is 0 Å². The second kappa shape index (κ2) is 10.3. The monoisotopic (exact) mass is 479 g/mol. The van der Waals surface area contributed by atoms with Crippen LogP contribution in [0.2, 0.25) is 0 Å². The Morgan fingerprint density at radius 3 is 2.46 bits per heavy atom. The molecule has 5 nitrogen and oxygen atoms in total. The van der Waals surface area contributed by atoms with Crippen molar-refractivity contribution < 1.29 is 19.2 Å². The number of carboxylic acid groups (broad SMARTS) is 1. The zero-order valence-electron chi connectivity index (χ0n) is 22.0. The second-order valence-corrected chi connectivity index (χ2v) is 12.4. The highest BCUT2D eigenvalue weighted by molar-refractivity contribution is 5.84. The van der Waals surface area contributed by atoms with Gasteiger partial charge in [-0.05, 0) is 80.8 Å². The average Bonchev–Trinajstić information content (AvgIpc) is 3.49. The van der Waals surface area contributed by atoms with Crippen LogP contribution in [0.25, 0.3) is 0 Å². The summed E-state index contributed by atoms with van der Waals surface area (Å²) in [7, 11) is 0. The van der Waals surface area contributed by atoms with Crippen LogP contribution in [0.15, 0.2) is 22.7 Å². The van der Waals surface area contributed by atoms with Gasteiger partial charge in [0.2, 0.25) is 0 Å². The number of aliphatic carboxylic acids is 1. The van der Waals surface area contributed by atoms with Crippen LogP contribution in [-0.2, 0) is 22.4 Å². The van der Waals surface area contributed by atoms with Gasteiger partial charge >= 0.3 is 5.97 Å². The fourth-order valence-corrected chi connectivity index (χ4v) is 5.86. The highest BCUT2D eigenvalue weighted by Crippen LogP contribution is 2.52. The zero-order chi connectivity index (χ0) is 25.3. The van der Waals surface area contributed by atoms with E-state index in [1.807, 2.05) is 26.0 Å². The summed E-state index contributed by atoms with van der Waals surface area (Å²) in [6, 6.07) is 6.14. The minimum atomic E-state index is -0.864. The number of aryl methyl sites for hydroxylation is 2. The molecule has 0 aliphatic heterocycles. The van der Waals surface area contributed by atoms with Crippen LogP contribution < -0.4 is 0 Å². The van der Waals surface area contributed by atoms with E-state index in [4.69, 9.17) is 4.52 Å². The van der Waals surface area contributed by atoms with Gasteiger partial charge in [0.1, 0.15) is 11.5 Å². The summed E-state index contributed by atoms with van der Waals surface area (Å²) in [5.74, 6) is 1.58. The molecule has 1 heterocycles. The molecule has 2 saturated carbocycles. The van der Waals surface area contributed by atoms with Crippen LogP contribution in [0.4, 0.5) is 0 Å². The molecule has 0 saturated heterocycles. The number of hydrogen-bond acceptors (Lipinski definition) is 4. The van der Waals surface area contributed by atoms with Gasteiger partial charge < -0.3 is 9.63 Å². The van der Waals surface area contributed by atoms with Crippen molar-refractivity contribution in [2.45, 2.75) is 104 Å². The molecule has 0 unspecified atom stereocenters. The predicted molar refractivity (Wildman–Crippen MR) is 137 cm³/mol. The molecule has 2 aliphatic rings. The minimum absolute atomic E-state index is 0.0101. The van der Waals surface area contributed by atoms with Crippen LogP contribution in [0.1, 0.15) is 111 Å². The van der Waals surface area contributed by atoms with Crippen molar-refractivity contribution in [2.24, 2.45) is 17.3 Å². The SMILES string of the molecule is Cc1ccc(CC(=O)[C@@H](CCC(=O)O)Cc2noc(C3CC(CC(C)(C)C)C3)c2C2CC2)c(C)c1. The van der Waals surface area contributed by atoms with Gasteiger partial charge in [-0.1, -0.05) is 49.7 Å². The van der Waals surface area contributed by atoms with E-state index < -0.39 is 5.97 Å². The highest BCUT2D eigenvalue weighted by Gasteiger charge is 2.41. The van der Waals surface area contributed by atoms with Crippen molar-refractivity contribution in [3.63, 3.8) is 0 Å². The number of carboxylic acids is 1. The Balaban J connectivity index is 1.50. The molecule has 0 radical (unpaired) electrons. The molecule has 1 aromatic carbocycles. The lowest BCUT2D eigenvalue weighted by Crippen LogP contribution is -2.26. The quantitative estimate of drug-likeness (QED) is 0.378. The fourth-order valence-electron chi connectivity index (χ4n) is 5.86. The largest absolute Gasteiger partial charge is 0.481 e. The molecule has 35 heavy (non-hydrogen) atoms. The van der Waals surface area contributed by atoms with Gasteiger partial charge in [-0.15, -0.1) is 0 Å². The van der Waals surface area contributed by atoms with Crippen LogP contribution >= 0.6 is 0 Å². The number of hydrogen-bond donors (Lipinski definition) is 1. The summed E-state index contributed by atoms with van der Waals surface area (Å²) in [6.45, 7) is 11.0. The smallest absolute Gasteiger partial charge is 0.303 e. The molecule has 1 aromatic heterocycles. The van der Waals surface area contributed by atoms with Crippen molar-refractivity contribution in [1.29, 1.82) is 0 Å². The third kappa shape index (κ3) is 6.62. The van der Waals surface area contributed by atoms with Crippen LogP contribution in [-0.4, -0.2) is 22.0 Å². The molecular weight excluding hydrogens is 438 g/mol. The first kappa shape index (κ1) is 25.7. The second-order valence-electron chi connectivity index (χ2n) is 12.4. The van der Waals surface area contributed by atoms with Crippen molar-refractivity contribution in [3.8, 4) is 0 Å². The molecule has 0 bridgehead atoms. The lowest BCUT2D eigenvalue weighted by molar-refractivity contribution is -0.137. The molecule has 0 spiro atoms. The summed E-state index contributed by atoms with van der Waals surface area (Å²) in [4.78, 5) is 24.7. The molecule has 4 rings (SSSR count). The van der Waals surface area contributed by atoms with Crippen molar-refractivity contribution >= 4 is 11.8 Å². The molecular formula is C30H41NO4. The van der Waals surface area contributed by atoms with E-state index in [-0.39, 0.29) is 18.1 Å². The Kier molecular flexibility index (Phi) is 7.54. The number of benzene rings is 1. The summed E-state index contributed by atoms with van der Waals surface area (Å²) in [5, 5.41) is 13.8. The Bertz CT molecular complexity index is 1070. The van der Waals surface area contributed by atoms with E-state index in [2.05, 4.69) is 32.0 Å². The average molecular weight is 480 g/mol. The Labute approximate surface area is 209 Å². The standard InChI is InChI=1S/C30H41NO4/c1-18-6-7-22(19(2)12-18)16-26(32)23(10-11-27(33)34)15-25-28(21-8-9-21)29(35-31-25)24-13-20(14-24)17-30(3,4)5/h6-7,12,20-21,23-24H,8-11,13-17H2,1-5H3,(H,33,34)/t20?,23-,24?/m0/s1. The van der Waals surface area contributed by atoms with Crippen LogP contribution in [0, 0.1) is 31.1 Å². The van der Waals surface area contributed by atoms with Gasteiger partial charge in [0.25, 0.3) is 0 Å². The molecule has 2 aliphatic carbocycles. The first-order valence-electron chi connectivity index (χ1n) is 13.3. The lowest BCUT2D eigenvalue weighted by Gasteiger charge is -2.38. The van der Waals surface area contributed by atoms with E-state index in [0.717, 1.165) is 54.2 Å². The third-order valence-electron chi connectivity index (χ3n) is 7.79. The van der Waals surface area contributed by atoms with Gasteiger partial charge in [-0.2, -0.15) is 0 Å². The third-order valence-corrected chi connectivity index (χ3v) is 7.79.